The minimum absolute atomic E-state index is 0.0340. The van der Waals surface area contributed by atoms with E-state index in [9.17, 15) is 9.90 Å². The maximum atomic E-state index is 10.9. The van der Waals surface area contributed by atoms with Crippen molar-refractivity contribution in [2.24, 2.45) is 17.4 Å². The number of rotatable bonds is 5. The zero-order chi connectivity index (χ0) is 27.0. The van der Waals surface area contributed by atoms with Crippen LogP contribution < -0.4 is 11.5 Å². The fraction of sp³-hybridized carbons (Fsp3) is 0.654. The molecule has 1 saturated carbocycles. The van der Waals surface area contributed by atoms with Crippen molar-refractivity contribution in [1.82, 2.24) is 0 Å². The number of carbonyl (C=O) groups excluding carboxylic acids is 3. The van der Waals surface area contributed by atoms with Crippen LogP contribution in [0, 0.1) is 5.92 Å². The van der Waals surface area contributed by atoms with Gasteiger partial charge in [0, 0.05) is 6.54 Å². The molecule has 1 fully saturated rings. The van der Waals surface area contributed by atoms with E-state index >= 15 is 0 Å². The number of aliphatic hydroxyl groups excluding tert-OH is 1. The lowest BCUT2D eigenvalue weighted by Crippen LogP contribution is -2.35. The van der Waals surface area contributed by atoms with Gasteiger partial charge in [-0.1, -0.05) is 69.4 Å². The van der Waals surface area contributed by atoms with Crippen LogP contribution in [0.3, 0.4) is 0 Å². The van der Waals surface area contributed by atoms with Gasteiger partial charge in [-0.25, -0.2) is 0 Å². The van der Waals surface area contributed by atoms with E-state index in [1.807, 2.05) is 57.9 Å². The molecule has 8 heteroatoms. The molecule has 34 heavy (non-hydrogen) atoms. The second kappa shape index (κ2) is 23.9. The summed E-state index contributed by atoms with van der Waals surface area (Å²) in [6.07, 6.45) is 6.45. The normalized spacial score (nSPS) is 14.5. The van der Waals surface area contributed by atoms with Crippen LogP contribution in [-0.2, 0) is 30.4 Å². The van der Waals surface area contributed by atoms with Crippen LogP contribution in [0.1, 0.15) is 78.7 Å². The van der Waals surface area contributed by atoms with Crippen molar-refractivity contribution in [2.75, 3.05) is 7.11 Å². The van der Waals surface area contributed by atoms with Crippen LogP contribution in [0.25, 0.3) is 0 Å². The van der Waals surface area contributed by atoms with Gasteiger partial charge in [0.2, 0.25) is 6.41 Å². The number of primary amides is 1. The van der Waals surface area contributed by atoms with Crippen molar-refractivity contribution in [3.8, 4) is 0 Å². The topological polar surface area (TPSA) is 142 Å². The number of hydrogen-bond acceptors (Lipinski definition) is 7. The molecule has 0 bridgehead atoms. The summed E-state index contributed by atoms with van der Waals surface area (Å²) >= 11 is 0. The van der Waals surface area contributed by atoms with E-state index < -0.39 is 12.1 Å². The van der Waals surface area contributed by atoms with Gasteiger partial charge in [-0.2, -0.15) is 0 Å². The van der Waals surface area contributed by atoms with E-state index in [4.69, 9.17) is 20.1 Å². The number of nitrogens with two attached hydrogens (primary N) is 2. The van der Waals surface area contributed by atoms with E-state index in [1.165, 1.54) is 44.8 Å². The zero-order valence-corrected chi connectivity index (χ0v) is 22.0. The van der Waals surface area contributed by atoms with Crippen LogP contribution in [0.5, 0.6) is 0 Å². The Morgan fingerprint density at radius 3 is 1.94 bits per heavy atom. The summed E-state index contributed by atoms with van der Waals surface area (Å²) in [4.78, 5) is 27.4. The molecule has 5 N–H and O–H groups in total. The quantitative estimate of drug-likeness (QED) is 0.426. The molecule has 2 atom stereocenters. The fourth-order valence-electron chi connectivity index (χ4n) is 2.98. The number of ether oxygens (including phenoxy) is 2. The minimum Gasteiger partial charge on any atom is -0.469 e. The number of methoxy groups -OCH3 is 1. The van der Waals surface area contributed by atoms with Gasteiger partial charge in [0.25, 0.3) is 0 Å². The summed E-state index contributed by atoms with van der Waals surface area (Å²) in [5, 5.41) is 9.56. The number of amides is 1. The molecule has 0 heterocycles. The molecule has 8 nitrogen and oxygen atoms in total. The number of esters is 1. The van der Waals surface area contributed by atoms with Gasteiger partial charge >= 0.3 is 5.97 Å². The highest BCUT2D eigenvalue weighted by Gasteiger charge is 2.23. The van der Waals surface area contributed by atoms with Gasteiger partial charge in [0.05, 0.1) is 31.3 Å². The van der Waals surface area contributed by atoms with Crippen LogP contribution in [0.4, 0.5) is 0 Å². The molecule has 1 aliphatic rings. The lowest BCUT2D eigenvalue weighted by Gasteiger charge is -2.27. The summed E-state index contributed by atoms with van der Waals surface area (Å²) in [6.45, 7) is 12.4. The third-order valence-electron chi connectivity index (χ3n) is 4.66. The third-order valence-corrected chi connectivity index (χ3v) is 4.66. The Kier molecular flexibility index (Phi) is 25.5. The first-order valence-corrected chi connectivity index (χ1v) is 11.6. The lowest BCUT2D eigenvalue weighted by molar-refractivity contribution is -0.149. The Morgan fingerprint density at radius 1 is 1.18 bits per heavy atom. The summed E-state index contributed by atoms with van der Waals surface area (Å²) in [5.74, 6) is 0.607. The van der Waals surface area contributed by atoms with Crippen LogP contribution in [0.2, 0.25) is 0 Å². The minimum atomic E-state index is -0.818. The van der Waals surface area contributed by atoms with E-state index in [0.29, 0.717) is 6.54 Å². The Labute approximate surface area is 206 Å². The molecule has 1 aromatic carbocycles. The number of aliphatic hydroxyl groups is 1. The Hall–Kier alpha value is -2.29. The van der Waals surface area contributed by atoms with Crippen molar-refractivity contribution in [2.45, 2.75) is 97.5 Å². The predicted molar refractivity (Wildman–Crippen MR) is 137 cm³/mol. The molecule has 0 radical (unpaired) electrons. The summed E-state index contributed by atoms with van der Waals surface area (Å²) < 4.78 is 9.93. The number of benzene rings is 1. The largest absolute Gasteiger partial charge is 0.469 e. The van der Waals surface area contributed by atoms with Crippen molar-refractivity contribution in [1.29, 1.82) is 0 Å². The second-order valence-electron chi connectivity index (χ2n) is 8.85. The maximum Gasteiger partial charge on any atom is 0.308 e. The van der Waals surface area contributed by atoms with E-state index in [-0.39, 0.29) is 24.5 Å². The first kappa shape index (κ1) is 36.3. The monoisotopic (exact) mass is 484 g/mol. The molecule has 1 aromatic rings. The highest BCUT2D eigenvalue weighted by molar-refractivity contribution is 5.69. The maximum absolute atomic E-state index is 10.9. The fourth-order valence-corrected chi connectivity index (χ4v) is 2.98. The van der Waals surface area contributed by atoms with Crippen LogP contribution >= 0.6 is 0 Å². The molecule has 2 unspecified atom stereocenters. The predicted octanol–water partition coefficient (Wildman–Crippen LogP) is 3.76. The molecule has 0 spiro atoms. The molecular weight excluding hydrogens is 436 g/mol. The first-order valence-electron chi connectivity index (χ1n) is 11.6. The van der Waals surface area contributed by atoms with Gasteiger partial charge in [-0.05, 0) is 39.2 Å². The van der Waals surface area contributed by atoms with Crippen LogP contribution in [-0.4, -0.2) is 49.2 Å². The first-order chi connectivity index (χ1) is 16.0. The molecule has 198 valence electrons. The molecule has 0 saturated heterocycles. The highest BCUT2D eigenvalue weighted by atomic mass is 16.5. The van der Waals surface area contributed by atoms with Gasteiger partial charge in [-0.15, -0.1) is 0 Å². The van der Waals surface area contributed by atoms with Gasteiger partial charge in [0.1, 0.15) is 6.79 Å². The smallest absolute Gasteiger partial charge is 0.308 e. The number of carbonyl (C=O) groups is 3. The SMILES string of the molecule is C=O.CC1CCCCC1.COC(=O)CC(O)C(C)OC(C)(C)C.NC=O.NCc1ccccc1. The van der Waals surface area contributed by atoms with E-state index in [1.54, 1.807) is 6.92 Å². The van der Waals surface area contributed by atoms with Crippen molar-refractivity contribution in [3.63, 3.8) is 0 Å². The lowest BCUT2D eigenvalue weighted by atomic mass is 9.91. The van der Waals surface area contributed by atoms with Crippen LogP contribution in [0.15, 0.2) is 30.3 Å². The molecule has 2 rings (SSSR count). The Morgan fingerprint density at radius 2 is 1.65 bits per heavy atom. The van der Waals surface area contributed by atoms with Crippen molar-refractivity contribution in [3.05, 3.63) is 35.9 Å². The standard InChI is InChI=1S/C10H20O4.C7H9N.C7H14.CH3NO.CH2O/c1-7(14-10(2,3)4)8(11)6-9(12)13-5;8-6-7-4-2-1-3-5-7;1-7-5-3-2-4-6-7;2-1-3;1-2/h7-8,11H,6H2,1-5H3;1-5H,6,8H2;7H,2-6H2,1H3;1H,(H2,2,3);1H2. The van der Waals surface area contributed by atoms with E-state index in [2.05, 4.69) is 17.4 Å². The molecule has 0 aromatic heterocycles. The van der Waals surface area contributed by atoms with Gasteiger partial charge in [-0.3, -0.25) is 9.59 Å². The molecule has 1 aliphatic carbocycles. The molecule has 0 aliphatic heterocycles. The van der Waals surface area contributed by atoms with Gasteiger partial charge < -0.3 is 30.8 Å². The van der Waals surface area contributed by atoms with Crippen molar-refractivity contribution < 1.29 is 29.0 Å². The third kappa shape index (κ3) is 26.0. The summed E-state index contributed by atoms with van der Waals surface area (Å²) in [5.41, 5.74) is 10.4. The molecular formula is C26H48N2O6. The zero-order valence-electron chi connectivity index (χ0n) is 22.0. The van der Waals surface area contributed by atoms with E-state index in [0.717, 1.165) is 5.92 Å². The average molecular weight is 485 g/mol. The number of hydrogen-bond donors (Lipinski definition) is 3. The summed E-state index contributed by atoms with van der Waals surface area (Å²) in [6, 6.07) is 9.99. The summed E-state index contributed by atoms with van der Waals surface area (Å²) in [7, 11) is 1.30. The van der Waals surface area contributed by atoms with Crippen molar-refractivity contribution >= 4 is 19.2 Å². The Balaban J connectivity index is -0.000000407. The molecule has 1 amide bonds. The average Bonchev–Trinajstić information content (AvgIpc) is 2.81. The second-order valence-corrected chi connectivity index (χ2v) is 8.85. The van der Waals surface area contributed by atoms with Gasteiger partial charge in [0.15, 0.2) is 0 Å². The Bertz CT molecular complexity index is 587. The highest BCUT2D eigenvalue weighted by Crippen LogP contribution is 2.22.